The van der Waals surface area contributed by atoms with Crippen molar-refractivity contribution in [2.24, 2.45) is 0 Å². The van der Waals surface area contributed by atoms with Crippen molar-refractivity contribution in [3.63, 3.8) is 0 Å². The Morgan fingerprint density at radius 1 is 1.06 bits per heavy atom. The molecule has 1 saturated heterocycles. The fraction of sp³-hybridized carbons (Fsp3) is 0.115. The highest BCUT2D eigenvalue weighted by atomic mass is 127. The summed E-state index contributed by atoms with van der Waals surface area (Å²) in [6.45, 7) is 1.98. The number of hydrogen-bond donors (Lipinski definition) is 1. The standard InChI is InChI=1S/C26H19Cl2IN2O5/c1-14-19(28)4-3-5-21(14)31-25(33)18(24(32)30-26(31)34)10-16-11-20(29)23(22(12-16)35-2)36-13-15-6-8-17(27)9-7-15/h3-12H,13H2,1-2H3,(H,30,32,34)/b18-10+. The zero-order valence-electron chi connectivity index (χ0n) is 19.1. The molecule has 3 aromatic carbocycles. The number of imide groups is 2. The molecule has 1 N–H and O–H groups in total. The number of rotatable bonds is 6. The first-order chi connectivity index (χ1) is 17.2. The van der Waals surface area contributed by atoms with Crippen molar-refractivity contribution in [3.05, 3.63) is 90.5 Å². The molecule has 0 bridgehead atoms. The Balaban J connectivity index is 1.66. The maximum Gasteiger partial charge on any atom is 0.335 e. The Hall–Kier alpha value is -3.08. The third kappa shape index (κ3) is 5.35. The fourth-order valence-electron chi connectivity index (χ4n) is 3.58. The summed E-state index contributed by atoms with van der Waals surface area (Å²) in [5.41, 5.74) is 2.07. The van der Waals surface area contributed by atoms with Gasteiger partial charge in [-0.25, -0.2) is 9.69 Å². The Morgan fingerprint density at radius 3 is 2.47 bits per heavy atom. The number of barbiturate groups is 1. The van der Waals surface area contributed by atoms with Gasteiger partial charge in [0.25, 0.3) is 11.8 Å². The second kappa shape index (κ2) is 10.9. The van der Waals surface area contributed by atoms with Gasteiger partial charge < -0.3 is 9.47 Å². The molecular formula is C26H19Cl2IN2O5. The van der Waals surface area contributed by atoms with Crippen molar-refractivity contribution in [3.8, 4) is 11.5 Å². The molecule has 36 heavy (non-hydrogen) atoms. The molecule has 0 atom stereocenters. The minimum absolute atomic E-state index is 0.207. The van der Waals surface area contributed by atoms with Crippen LogP contribution in [0, 0.1) is 10.5 Å². The largest absolute Gasteiger partial charge is 0.493 e. The van der Waals surface area contributed by atoms with Gasteiger partial charge in [-0.3, -0.25) is 14.9 Å². The number of nitrogens with zero attached hydrogens (tertiary/aromatic N) is 1. The second-order valence-corrected chi connectivity index (χ2v) is 9.80. The smallest absolute Gasteiger partial charge is 0.335 e. The highest BCUT2D eigenvalue weighted by molar-refractivity contribution is 14.1. The molecule has 1 aliphatic heterocycles. The first-order valence-electron chi connectivity index (χ1n) is 10.6. The molecule has 7 nitrogen and oxygen atoms in total. The van der Waals surface area contributed by atoms with Gasteiger partial charge >= 0.3 is 6.03 Å². The highest BCUT2D eigenvalue weighted by Crippen LogP contribution is 2.36. The van der Waals surface area contributed by atoms with E-state index in [1.807, 2.05) is 12.1 Å². The molecule has 0 aliphatic carbocycles. The Bertz CT molecular complexity index is 1410. The van der Waals surface area contributed by atoms with Crippen LogP contribution in [0.3, 0.4) is 0 Å². The Kier molecular flexibility index (Phi) is 7.87. The lowest BCUT2D eigenvalue weighted by molar-refractivity contribution is -0.122. The van der Waals surface area contributed by atoms with Crippen molar-refractivity contribution in [2.75, 3.05) is 12.0 Å². The van der Waals surface area contributed by atoms with Gasteiger partial charge in [-0.2, -0.15) is 0 Å². The van der Waals surface area contributed by atoms with Crippen LogP contribution in [-0.2, 0) is 16.2 Å². The topological polar surface area (TPSA) is 84.9 Å². The molecule has 0 unspecified atom stereocenters. The summed E-state index contributed by atoms with van der Waals surface area (Å²) in [7, 11) is 1.50. The zero-order valence-corrected chi connectivity index (χ0v) is 22.8. The van der Waals surface area contributed by atoms with Crippen LogP contribution in [0.1, 0.15) is 16.7 Å². The monoisotopic (exact) mass is 636 g/mol. The van der Waals surface area contributed by atoms with Gasteiger partial charge in [-0.1, -0.05) is 41.4 Å². The number of carbonyl (C=O) groups excluding carboxylic acids is 3. The molecule has 4 amide bonds. The molecule has 10 heteroatoms. The number of nitrogens with one attached hydrogen (secondary N) is 1. The predicted molar refractivity (Wildman–Crippen MR) is 147 cm³/mol. The van der Waals surface area contributed by atoms with E-state index in [9.17, 15) is 14.4 Å². The van der Waals surface area contributed by atoms with Gasteiger partial charge in [0.1, 0.15) is 12.2 Å². The number of carbonyl (C=O) groups is 3. The molecule has 184 valence electrons. The molecule has 1 fully saturated rings. The van der Waals surface area contributed by atoms with E-state index in [1.54, 1.807) is 49.4 Å². The summed E-state index contributed by atoms with van der Waals surface area (Å²) in [4.78, 5) is 39.3. The van der Waals surface area contributed by atoms with Gasteiger partial charge in [-0.15, -0.1) is 0 Å². The zero-order chi connectivity index (χ0) is 26.0. The highest BCUT2D eigenvalue weighted by Gasteiger charge is 2.37. The van der Waals surface area contributed by atoms with Crippen LogP contribution in [-0.4, -0.2) is 25.0 Å². The Morgan fingerprint density at radius 2 is 1.78 bits per heavy atom. The van der Waals surface area contributed by atoms with Crippen LogP contribution in [0.2, 0.25) is 10.0 Å². The number of urea groups is 1. The predicted octanol–water partition coefficient (Wildman–Crippen LogP) is 6.16. The van der Waals surface area contributed by atoms with E-state index in [4.69, 9.17) is 32.7 Å². The van der Waals surface area contributed by atoms with Gasteiger partial charge in [-0.05, 0) is 88.7 Å². The van der Waals surface area contributed by atoms with Gasteiger partial charge in [0.2, 0.25) is 0 Å². The van der Waals surface area contributed by atoms with E-state index in [0.717, 1.165) is 10.5 Å². The first-order valence-corrected chi connectivity index (χ1v) is 12.4. The summed E-state index contributed by atoms with van der Waals surface area (Å²) in [5.74, 6) is -0.616. The fourth-order valence-corrected chi connectivity index (χ4v) is 4.66. The van der Waals surface area contributed by atoms with Crippen LogP contribution in [0.25, 0.3) is 6.08 Å². The van der Waals surface area contributed by atoms with E-state index < -0.39 is 17.8 Å². The van der Waals surface area contributed by atoms with E-state index in [1.165, 1.54) is 13.2 Å². The normalized spacial score (nSPS) is 14.8. The number of anilines is 1. The van der Waals surface area contributed by atoms with Gasteiger partial charge in [0.05, 0.1) is 16.4 Å². The molecule has 4 rings (SSSR count). The molecule has 0 radical (unpaired) electrons. The molecule has 3 aromatic rings. The van der Waals surface area contributed by atoms with Crippen molar-refractivity contribution in [2.45, 2.75) is 13.5 Å². The molecule has 0 spiro atoms. The summed E-state index contributed by atoms with van der Waals surface area (Å²) in [5, 5.41) is 3.25. The summed E-state index contributed by atoms with van der Waals surface area (Å²) < 4.78 is 12.2. The number of halogens is 3. The molecule has 0 aromatic heterocycles. The first kappa shape index (κ1) is 26.0. The van der Waals surface area contributed by atoms with E-state index >= 15 is 0 Å². The lowest BCUT2D eigenvalue weighted by Gasteiger charge is -2.27. The number of methoxy groups -OCH3 is 1. The number of benzene rings is 3. The van der Waals surface area contributed by atoms with Crippen molar-refractivity contribution < 1.29 is 23.9 Å². The summed E-state index contributed by atoms with van der Waals surface area (Å²) in [6, 6.07) is 14.7. The third-order valence-electron chi connectivity index (χ3n) is 5.44. The maximum absolute atomic E-state index is 13.3. The summed E-state index contributed by atoms with van der Waals surface area (Å²) >= 11 is 14.2. The quantitative estimate of drug-likeness (QED) is 0.199. The third-order valence-corrected chi connectivity index (χ3v) is 6.90. The van der Waals surface area contributed by atoms with Crippen molar-refractivity contribution >= 4 is 75.4 Å². The lowest BCUT2D eigenvalue weighted by atomic mass is 10.1. The van der Waals surface area contributed by atoms with E-state index in [2.05, 4.69) is 27.9 Å². The minimum Gasteiger partial charge on any atom is -0.493 e. The number of ether oxygens (including phenoxy) is 2. The van der Waals surface area contributed by atoms with Crippen molar-refractivity contribution in [1.29, 1.82) is 0 Å². The molecule has 1 aliphatic rings. The Labute approximate surface area is 231 Å². The molecule has 1 heterocycles. The SMILES string of the molecule is COc1cc(/C=C2\C(=O)NC(=O)N(c3cccc(Cl)c3C)C2=O)cc(I)c1OCc1ccc(Cl)cc1. The van der Waals surface area contributed by atoms with Crippen LogP contribution >= 0.6 is 45.8 Å². The molecule has 0 saturated carbocycles. The van der Waals surface area contributed by atoms with Crippen LogP contribution in [0.4, 0.5) is 10.5 Å². The average Bonchev–Trinajstić information content (AvgIpc) is 2.84. The molecular weight excluding hydrogens is 618 g/mol. The van der Waals surface area contributed by atoms with Crippen LogP contribution in [0.5, 0.6) is 11.5 Å². The van der Waals surface area contributed by atoms with E-state index in [-0.39, 0.29) is 5.57 Å². The number of amides is 4. The second-order valence-electron chi connectivity index (χ2n) is 7.79. The van der Waals surface area contributed by atoms with Crippen LogP contribution in [0.15, 0.2) is 60.2 Å². The van der Waals surface area contributed by atoms with Crippen LogP contribution < -0.4 is 19.7 Å². The summed E-state index contributed by atoms with van der Waals surface area (Å²) in [6.07, 6.45) is 1.41. The maximum atomic E-state index is 13.3. The number of hydrogen-bond acceptors (Lipinski definition) is 5. The average molecular weight is 637 g/mol. The van der Waals surface area contributed by atoms with Gasteiger partial charge in [0, 0.05) is 10.0 Å². The van der Waals surface area contributed by atoms with E-state index in [0.29, 0.717) is 48.5 Å². The minimum atomic E-state index is -0.842. The van der Waals surface area contributed by atoms with Crippen molar-refractivity contribution in [1.82, 2.24) is 5.32 Å². The van der Waals surface area contributed by atoms with Gasteiger partial charge in [0.15, 0.2) is 11.5 Å². The lowest BCUT2D eigenvalue weighted by Crippen LogP contribution is -2.54.